The van der Waals surface area contributed by atoms with E-state index in [1.54, 1.807) is 0 Å². The van der Waals surface area contributed by atoms with E-state index in [9.17, 15) is 0 Å². The van der Waals surface area contributed by atoms with E-state index in [0.717, 1.165) is 11.3 Å². The van der Waals surface area contributed by atoms with Crippen molar-refractivity contribution in [1.29, 1.82) is 0 Å². The molecule has 0 bridgehead atoms. The van der Waals surface area contributed by atoms with Gasteiger partial charge in [-0.1, -0.05) is 0 Å². The molecule has 0 unspecified atom stereocenters. The topological polar surface area (TPSA) is 15.3 Å². The Balaban J connectivity index is 1.54. The molecule has 3 aliphatic rings. The van der Waals surface area contributed by atoms with Gasteiger partial charge >= 0.3 is 0 Å². The minimum absolute atomic E-state index is 0.810. The summed E-state index contributed by atoms with van der Waals surface area (Å²) >= 11 is 0. The number of nitrogens with one attached hydrogen (secondary N) is 1. The average Bonchev–Trinajstić information content (AvgIpc) is 3.05. The van der Waals surface area contributed by atoms with Gasteiger partial charge in [0.15, 0.2) is 0 Å². The molecule has 0 aromatic heterocycles. The quantitative estimate of drug-likeness (QED) is 0.732. The zero-order valence-corrected chi connectivity index (χ0v) is 9.10. The summed E-state index contributed by atoms with van der Waals surface area (Å²) in [6.07, 6.45) is 7.47. The third kappa shape index (κ3) is 1.82. The average molecular weight is 194 g/mol. The molecule has 1 heterocycles. The molecule has 1 N–H and O–H groups in total. The molecule has 0 amide bonds. The van der Waals surface area contributed by atoms with Crippen LogP contribution in [0.5, 0.6) is 0 Å². The lowest BCUT2D eigenvalue weighted by Gasteiger charge is -2.25. The minimum atomic E-state index is 0.810. The Hall–Kier alpha value is -0.0800. The van der Waals surface area contributed by atoms with E-state index in [1.165, 1.54) is 64.8 Å². The van der Waals surface area contributed by atoms with Gasteiger partial charge in [-0.3, -0.25) is 0 Å². The Morgan fingerprint density at radius 2 is 2.00 bits per heavy atom. The fourth-order valence-corrected chi connectivity index (χ4v) is 3.06. The maximum atomic E-state index is 3.49. The van der Waals surface area contributed by atoms with Crippen molar-refractivity contribution in [2.75, 3.05) is 32.7 Å². The molecule has 0 aromatic carbocycles. The van der Waals surface area contributed by atoms with Gasteiger partial charge < -0.3 is 10.2 Å². The summed E-state index contributed by atoms with van der Waals surface area (Å²) < 4.78 is 0. The first kappa shape index (κ1) is 9.17. The molecule has 2 aliphatic carbocycles. The van der Waals surface area contributed by atoms with Crippen LogP contribution >= 0.6 is 0 Å². The van der Waals surface area contributed by atoms with Gasteiger partial charge in [0.25, 0.3) is 0 Å². The van der Waals surface area contributed by atoms with Gasteiger partial charge in [-0.15, -0.1) is 0 Å². The predicted octanol–water partition coefficient (Wildman–Crippen LogP) is 1.47. The molecule has 0 radical (unpaired) electrons. The second-order valence-corrected chi connectivity index (χ2v) is 5.52. The standard InChI is InChI=1S/C12H22N2/c1-6-13-7-9-14(8-1)10-12(4-5-12)11-2-3-11/h11,13H,1-10H2. The first-order chi connectivity index (χ1) is 6.89. The molecule has 0 spiro atoms. The lowest BCUT2D eigenvalue weighted by Crippen LogP contribution is -2.34. The fourth-order valence-electron chi connectivity index (χ4n) is 3.06. The van der Waals surface area contributed by atoms with Crippen LogP contribution in [0.2, 0.25) is 0 Å². The third-order valence-electron chi connectivity index (χ3n) is 4.31. The number of nitrogens with zero attached hydrogens (tertiary/aromatic N) is 1. The summed E-state index contributed by atoms with van der Waals surface area (Å²) in [5.41, 5.74) is 0.810. The summed E-state index contributed by atoms with van der Waals surface area (Å²) in [4.78, 5) is 2.71. The van der Waals surface area contributed by atoms with Crippen molar-refractivity contribution in [2.24, 2.45) is 11.3 Å². The van der Waals surface area contributed by atoms with Crippen LogP contribution in [0.3, 0.4) is 0 Å². The molecule has 2 saturated carbocycles. The van der Waals surface area contributed by atoms with Crippen molar-refractivity contribution in [2.45, 2.75) is 32.1 Å². The smallest absolute Gasteiger partial charge is 0.0107 e. The van der Waals surface area contributed by atoms with Crippen LogP contribution in [0.1, 0.15) is 32.1 Å². The summed E-state index contributed by atoms with van der Waals surface area (Å²) in [6, 6.07) is 0. The van der Waals surface area contributed by atoms with Gasteiger partial charge in [-0.05, 0) is 56.5 Å². The van der Waals surface area contributed by atoms with Crippen molar-refractivity contribution in [3.63, 3.8) is 0 Å². The Labute approximate surface area is 87.0 Å². The van der Waals surface area contributed by atoms with Gasteiger partial charge in [0, 0.05) is 19.6 Å². The molecule has 2 nitrogen and oxygen atoms in total. The summed E-state index contributed by atoms with van der Waals surface area (Å²) in [5.74, 6) is 1.12. The van der Waals surface area contributed by atoms with E-state index >= 15 is 0 Å². The molecule has 0 aromatic rings. The molecule has 3 rings (SSSR count). The monoisotopic (exact) mass is 194 g/mol. The molecule has 14 heavy (non-hydrogen) atoms. The van der Waals surface area contributed by atoms with Gasteiger partial charge in [0.05, 0.1) is 0 Å². The van der Waals surface area contributed by atoms with Crippen molar-refractivity contribution >= 4 is 0 Å². The maximum Gasteiger partial charge on any atom is 0.0107 e. The van der Waals surface area contributed by atoms with Crippen LogP contribution in [0, 0.1) is 11.3 Å². The van der Waals surface area contributed by atoms with Crippen LogP contribution in [0.4, 0.5) is 0 Å². The minimum Gasteiger partial charge on any atom is -0.315 e. The Bertz CT molecular complexity index is 198. The largest absolute Gasteiger partial charge is 0.315 e. The van der Waals surface area contributed by atoms with Crippen LogP contribution in [-0.2, 0) is 0 Å². The van der Waals surface area contributed by atoms with Crippen LogP contribution < -0.4 is 5.32 Å². The van der Waals surface area contributed by atoms with Gasteiger partial charge in [0.1, 0.15) is 0 Å². The lowest BCUT2D eigenvalue weighted by atomic mass is 10.00. The maximum absolute atomic E-state index is 3.49. The number of rotatable bonds is 3. The van der Waals surface area contributed by atoms with E-state index in [-0.39, 0.29) is 0 Å². The van der Waals surface area contributed by atoms with Crippen molar-refractivity contribution in [3.05, 3.63) is 0 Å². The number of hydrogen-bond acceptors (Lipinski definition) is 2. The predicted molar refractivity (Wildman–Crippen MR) is 58.3 cm³/mol. The highest BCUT2D eigenvalue weighted by Gasteiger charge is 2.54. The van der Waals surface area contributed by atoms with Gasteiger partial charge in [-0.2, -0.15) is 0 Å². The highest BCUT2D eigenvalue weighted by Crippen LogP contribution is 2.61. The molecule has 0 atom stereocenters. The highest BCUT2D eigenvalue weighted by molar-refractivity contribution is 5.05. The van der Waals surface area contributed by atoms with Crippen LogP contribution in [0.15, 0.2) is 0 Å². The molecule has 1 aliphatic heterocycles. The van der Waals surface area contributed by atoms with Crippen molar-refractivity contribution in [1.82, 2.24) is 10.2 Å². The molecule has 1 saturated heterocycles. The first-order valence-corrected chi connectivity index (χ1v) is 6.32. The molecule has 80 valence electrons. The van der Waals surface area contributed by atoms with Gasteiger partial charge in [-0.25, -0.2) is 0 Å². The summed E-state index contributed by atoms with van der Waals surface area (Å²) in [5, 5.41) is 3.49. The van der Waals surface area contributed by atoms with Crippen molar-refractivity contribution in [3.8, 4) is 0 Å². The van der Waals surface area contributed by atoms with E-state index < -0.39 is 0 Å². The van der Waals surface area contributed by atoms with Crippen LogP contribution in [-0.4, -0.2) is 37.6 Å². The SMILES string of the molecule is C1CNCCN(CC2(C3CC3)CC2)C1. The Kier molecular flexibility index (Phi) is 2.29. The van der Waals surface area contributed by atoms with E-state index in [0.29, 0.717) is 0 Å². The van der Waals surface area contributed by atoms with Crippen LogP contribution in [0.25, 0.3) is 0 Å². The summed E-state index contributed by atoms with van der Waals surface area (Å²) in [7, 11) is 0. The van der Waals surface area contributed by atoms with Gasteiger partial charge in [0.2, 0.25) is 0 Å². The normalized spacial score (nSPS) is 32.6. The van der Waals surface area contributed by atoms with Crippen molar-refractivity contribution < 1.29 is 0 Å². The third-order valence-corrected chi connectivity index (χ3v) is 4.31. The number of hydrogen-bond donors (Lipinski definition) is 1. The Morgan fingerprint density at radius 1 is 1.14 bits per heavy atom. The molecular weight excluding hydrogens is 172 g/mol. The van der Waals surface area contributed by atoms with E-state index in [2.05, 4.69) is 10.2 Å². The zero-order valence-electron chi connectivity index (χ0n) is 9.10. The first-order valence-electron chi connectivity index (χ1n) is 6.32. The van der Waals surface area contributed by atoms with E-state index in [1.807, 2.05) is 0 Å². The summed E-state index contributed by atoms with van der Waals surface area (Å²) in [6.45, 7) is 6.48. The highest BCUT2D eigenvalue weighted by atomic mass is 15.2. The Morgan fingerprint density at radius 3 is 2.71 bits per heavy atom. The second kappa shape index (κ2) is 3.49. The fraction of sp³-hybridized carbons (Fsp3) is 1.00. The molecule has 3 fully saturated rings. The van der Waals surface area contributed by atoms with E-state index in [4.69, 9.17) is 0 Å². The second-order valence-electron chi connectivity index (χ2n) is 5.52. The lowest BCUT2D eigenvalue weighted by molar-refractivity contribution is 0.216. The molecular formula is C12H22N2. The molecule has 2 heteroatoms. The zero-order chi connectivity index (χ0) is 9.43.